The molecule has 1 fully saturated rings. The van der Waals surface area contributed by atoms with Crippen LogP contribution in [-0.4, -0.2) is 35.4 Å². The van der Waals surface area contributed by atoms with Crippen molar-refractivity contribution in [2.24, 2.45) is 0 Å². The van der Waals surface area contributed by atoms with E-state index in [-0.39, 0.29) is 18.1 Å². The maximum absolute atomic E-state index is 12.3. The van der Waals surface area contributed by atoms with E-state index < -0.39 is 0 Å². The summed E-state index contributed by atoms with van der Waals surface area (Å²) in [4.78, 5) is 14.3. The van der Waals surface area contributed by atoms with Gasteiger partial charge in [0, 0.05) is 6.54 Å². The SMILES string of the molecule is CSCCCN1C(=O)C(C)NC1c1cc(C)ccc1C. The molecule has 1 N–H and O–H groups in total. The van der Waals surface area contributed by atoms with Crippen molar-refractivity contribution >= 4 is 17.7 Å². The first-order valence-corrected chi connectivity index (χ1v) is 8.56. The molecule has 2 atom stereocenters. The lowest BCUT2D eigenvalue weighted by Gasteiger charge is -2.26. The number of hydrogen-bond acceptors (Lipinski definition) is 3. The zero-order valence-corrected chi connectivity index (χ0v) is 13.6. The van der Waals surface area contributed by atoms with E-state index in [1.165, 1.54) is 16.7 Å². The van der Waals surface area contributed by atoms with Crippen molar-refractivity contribution in [2.75, 3.05) is 18.6 Å². The topological polar surface area (TPSA) is 32.3 Å². The van der Waals surface area contributed by atoms with Gasteiger partial charge in [-0.15, -0.1) is 0 Å². The van der Waals surface area contributed by atoms with E-state index in [4.69, 9.17) is 0 Å². The lowest BCUT2D eigenvalue weighted by atomic mass is 10.0. The van der Waals surface area contributed by atoms with Crippen LogP contribution in [0.5, 0.6) is 0 Å². The smallest absolute Gasteiger partial charge is 0.241 e. The van der Waals surface area contributed by atoms with Crippen LogP contribution in [0, 0.1) is 13.8 Å². The second kappa shape index (κ2) is 6.64. The number of carbonyl (C=O) groups is 1. The second-order valence-electron chi connectivity index (χ2n) is 5.53. The Bertz CT molecular complexity index is 489. The molecule has 0 radical (unpaired) electrons. The van der Waals surface area contributed by atoms with Crippen molar-refractivity contribution in [2.45, 2.75) is 39.4 Å². The fourth-order valence-electron chi connectivity index (χ4n) is 2.70. The molecule has 0 bridgehead atoms. The molecule has 2 rings (SSSR count). The van der Waals surface area contributed by atoms with Crippen LogP contribution in [0.4, 0.5) is 0 Å². The number of benzene rings is 1. The summed E-state index contributed by atoms with van der Waals surface area (Å²) in [6, 6.07) is 6.37. The largest absolute Gasteiger partial charge is 0.322 e. The van der Waals surface area contributed by atoms with Gasteiger partial charge >= 0.3 is 0 Å². The van der Waals surface area contributed by atoms with E-state index in [1.807, 2.05) is 23.6 Å². The maximum Gasteiger partial charge on any atom is 0.241 e. The standard InChI is InChI=1S/C16H24N2OS/c1-11-6-7-12(2)14(10-11)15-17-13(3)16(19)18(15)8-5-9-20-4/h6-7,10,13,15,17H,5,8-9H2,1-4H3. The first-order valence-electron chi connectivity index (χ1n) is 7.17. The number of rotatable bonds is 5. The molecule has 110 valence electrons. The Labute approximate surface area is 126 Å². The molecule has 1 aromatic carbocycles. The van der Waals surface area contributed by atoms with Gasteiger partial charge in [0.1, 0.15) is 6.17 Å². The molecule has 4 heteroatoms. The fourth-order valence-corrected chi connectivity index (χ4v) is 3.12. The van der Waals surface area contributed by atoms with Crippen molar-refractivity contribution in [3.8, 4) is 0 Å². The first-order chi connectivity index (χ1) is 9.54. The molecule has 1 amide bonds. The highest BCUT2D eigenvalue weighted by atomic mass is 32.2. The Morgan fingerprint density at radius 2 is 2.10 bits per heavy atom. The summed E-state index contributed by atoms with van der Waals surface area (Å²) in [6.45, 7) is 7.00. The lowest BCUT2D eigenvalue weighted by molar-refractivity contribution is -0.129. The molecule has 1 aliphatic rings. The van der Waals surface area contributed by atoms with Gasteiger partial charge in [0.2, 0.25) is 5.91 Å². The van der Waals surface area contributed by atoms with Gasteiger partial charge in [-0.25, -0.2) is 0 Å². The molecular formula is C16H24N2OS. The zero-order valence-electron chi connectivity index (χ0n) is 12.8. The van der Waals surface area contributed by atoms with Crippen LogP contribution in [0.3, 0.4) is 0 Å². The number of nitrogens with one attached hydrogen (secondary N) is 1. The van der Waals surface area contributed by atoms with Gasteiger partial charge in [-0.1, -0.05) is 23.8 Å². The molecule has 20 heavy (non-hydrogen) atoms. The molecule has 0 saturated carbocycles. The predicted molar refractivity (Wildman–Crippen MR) is 86.0 cm³/mol. The van der Waals surface area contributed by atoms with Crippen molar-refractivity contribution in [3.63, 3.8) is 0 Å². The van der Waals surface area contributed by atoms with Crippen LogP contribution in [-0.2, 0) is 4.79 Å². The van der Waals surface area contributed by atoms with Crippen molar-refractivity contribution in [1.29, 1.82) is 0 Å². The minimum atomic E-state index is -0.0887. The second-order valence-corrected chi connectivity index (χ2v) is 6.51. The number of carbonyl (C=O) groups excluding carboxylic acids is 1. The quantitative estimate of drug-likeness (QED) is 0.847. The summed E-state index contributed by atoms with van der Waals surface area (Å²) in [7, 11) is 0. The van der Waals surface area contributed by atoms with Crippen LogP contribution >= 0.6 is 11.8 Å². The van der Waals surface area contributed by atoms with Gasteiger partial charge in [0.05, 0.1) is 6.04 Å². The average Bonchev–Trinajstić information content (AvgIpc) is 2.70. The van der Waals surface area contributed by atoms with E-state index in [9.17, 15) is 4.79 Å². The summed E-state index contributed by atoms with van der Waals surface area (Å²) in [6.07, 6.45) is 3.18. The summed E-state index contributed by atoms with van der Waals surface area (Å²) < 4.78 is 0. The van der Waals surface area contributed by atoms with Gasteiger partial charge in [-0.3, -0.25) is 10.1 Å². The van der Waals surface area contributed by atoms with Crippen LogP contribution in [0.1, 0.15) is 36.2 Å². The van der Waals surface area contributed by atoms with Gasteiger partial charge < -0.3 is 4.90 Å². The molecule has 2 unspecified atom stereocenters. The van der Waals surface area contributed by atoms with E-state index in [0.717, 1.165) is 18.7 Å². The van der Waals surface area contributed by atoms with Gasteiger partial charge in [-0.2, -0.15) is 11.8 Å². The molecule has 0 aliphatic carbocycles. The van der Waals surface area contributed by atoms with E-state index in [2.05, 4.69) is 43.6 Å². The molecular weight excluding hydrogens is 268 g/mol. The van der Waals surface area contributed by atoms with E-state index in [0.29, 0.717) is 0 Å². The third kappa shape index (κ3) is 3.18. The van der Waals surface area contributed by atoms with Crippen molar-refractivity contribution in [3.05, 3.63) is 34.9 Å². The number of amides is 1. The molecule has 1 aliphatic heterocycles. The minimum Gasteiger partial charge on any atom is -0.322 e. The van der Waals surface area contributed by atoms with Crippen LogP contribution in [0.25, 0.3) is 0 Å². The Hall–Kier alpha value is -1.00. The van der Waals surface area contributed by atoms with Gasteiger partial charge in [0.15, 0.2) is 0 Å². The third-order valence-electron chi connectivity index (χ3n) is 3.85. The monoisotopic (exact) mass is 292 g/mol. The first kappa shape index (κ1) is 15.4. The molecule has 0 aromatic heterocycles. The minimum absolute atomic E-state index is 0.0271. The number of thioether (sulfide) groups is 1. The summed E-state index contributed by atoms with van der Waals surface area (Å²) in [5.74, 6) is 1.31. The maximum atomic E-state index is 12.3. The predicted octanol–water partition coefficient (Wildman–Crippen LogP) is 2.88. The van der Waals surface area contributed by atoms with Crippen molar-refractivity contribution in [1.82, 2.24) is 10.2 Å². The lowest BCUT2D eigenvalue weighted by Crippen LogP contribution is -2.32. The van der Waals surface area contributed by atoms with Crippen LogP contribution in [0.2, 0.25) is 0 Å². The van der Waals surface area contributed by atoms with Crippen LogP contribution < -0.4 is 5.32 Å². The van der Waals surface area contributed by atoms with E-state index >= 15 is 0 Å². The molecule has 1 aromatic rings. The normalized spacial score (nSPS) is 22.6. The Morgan fingerprint density at radius 3 is 2.80 bits per heavy atom. The number of nitrogens with zero attached hydrogens (tertiary/aromatic N) is 1. The molecule has 1 saturated heterocycles. The third-order valence-corrected chi connectivity index (χ3v) is 4.55. The highest BCUT2D eigenvalue weighted by Gasteiger charge is 2.37. The van der Waals surface area contributed by atoms with E-state index in [1.54, 1.807) is 0 Å². The average molecular weight is 292 g/mol. The van der Waals surface area contributed by atoms with Gasteiger partial charge in [-0.05, 0) is 50.3 Å². The molecule has 3 nitrogen and oxygen atoms in total. The summed E-state index contributed by atoms with van der Waals surface area (Å²) in [5.41, 5.74) is 3.71. The number of aryl methyl sites for hydroxylation is 2. The van der Waals surface area contributed by atoms with Crippen LogP contribution in [0.15, 0.2) is 18.2 Å². The Morgan fingerprint density at radius 1 is 1.35 bits per heavy atom. The fraction of sp³-hybridized carbons (Fsp3) is 0.562. The highest BCUT2D eigenvalue weighted by Crippen LogP contribution is 2.28. The highest BCUT2D eigenvalue weighted by molar-refractivity contribution is 7.98. The number of hydrogen-bond donors (Lipinski definition) is 1. The Kier molecular flexibility index (Phi) is 5.11. The summed E-state index contributed by atoms with van der Waals surface area (Å²) >= 11 is 1.83. The van der Waals surface area contributed by atoms with Gasteiger partial charge in [0.25, 0.3) is 0 Å². The molecule has 0 spiro atoms. The zero-order chi connectivity index (χ0) is 14.7. The Balaban J connectivity index is 2.23. The summed E-state index contributed by atoms with van der Waals surface area (Å²) in [5, 5.41) is 3.43. The molecule has 1 heterocycles. The van der Waals surface area contributed by atoms with Crippen molar-refractivity contribution < 1.29 is 4.79 Å².